The summed E-state index contributed by atoms with van der Waals surface area (Å²) in [7, 11) is 0. The van der Waals surface area contributed by atoms with Crippen LogP contribution < -0.4 is 10.6 Å². The van der Waals surface area contributed by atoms with Gasteiger partial charge in [0.15, 0.2) is 5.17 Å². The maximum Gasteiger partial charge on any atom is 0.163 e. The van der Waals surface area contributed by atoms with Crippen molar-refractivity contribution >= 4 is 28.6 Å². The minimum Gasteiger partial charge on any atom is -0.379 e. The molecule has 1 saturated heterocycles. The normalized spacial score (nSPS) is 21.1. The van der Waals surface area contributed by atoms with Crippen LogP contribution in [0.5, 0.6) is 0 Å². The Bertz CT molecular complexity index is 612. The molecule has 0 spiro atoms. The summed E-state index contributed by atoms with van der Waals surface area (Å²) in [6, 6.07) is 4.06. The predicted molar refractivity (Wildman–Crippen MR) is 95.3 cm³/mol. The zero-order valence-corrected chi connectivity index (χ0v) is 14.3. The van der Waals surface area contributed by atoms with E-state index in [-0.39, 0.29) is 5.25 Å². The third-order valence-electron chi connectivity index (χ3n) is 3.76. The van der Waals surface area contributed by atoms with Gasteiger partial charge in [0, 0.05) is 25.7 Å². The lowest BCUT2D eigenvalue weighted by Gasteiger charge is -2.26. The van der Waals surface area contributed by atoms with Crippen LogP contribution in [0.15, 0.2) is 17.4 Å². The van der Waals surface area contributed by atoms with E-state index >= 15 is 0 Å². The molecule has 3 heterocycles. The third kappa shape index (κ3) is 5.06. The number of aromatic nitrogens is 2. The van der Waals surface area contributed by atoms with Crippen LogP contribution in [0.1, 0.15) is 6.42 Å². The smallest absolute Gasteiger partial charge is 0.163 e. The Kier molecular flexibility index (Phi) is 6.23. The molecule has 0 aliphatic carbocycles. The molecule has 2 aliphatic rings. The summed E-state index contributed by atoms with van der Waals surface area (Å²) < 4.78 is 5.35. The number of ether oxygens (including phenoxy) is 1. The molecule has 1 aromatic heterocycles. The number of nitriles is 1. The summed E-state index contributed by atoms with van der Waals surface area (Å²) in [5.74, 6) is 1.47. The molecule has 24 heavy (non-hydrogen) atoms. The minimum absolute atomic E-state index is 0.105. The van der Waals surface area contributed by atoms with E-state index in [9.17, 15) is 0 Å². The van der Waals surface area contributed by atoms with Crippen LogP contribution in [0.4, 0.5) is 11.6 Å². The molecule has 0 radical (unpaired) electrons. The van der Waals surface area contributed by atoms with Gasteiger partial charge in [-0.25, -0.2) is 9.97 Å². The van der Waals surface area contributed by atoms with Crippen molar-refractivity contribution < 1.29 is 4.74 Å². The molecular weight excluding hydrogens is 326 g/mol. The summed E-state index contributed by atoms with van der Waals surface area (Å²) in [5, 5.41) is 16.0. The molecule has 1 atom stereocenters. The standard InChI is InChI=1S/C15H21N7OS/c16-9-12-10-18-15(24-12)21-14-8-13(19-11-20-14)17-2-1-3-22-4-6-23-7-5-22/h8,11-12H,1-7,10H2,(H2,17,18,19,20,21). The van der Waals surface area contributed by atoms with Gasteiger partial charge < -0.3 is 15.4 Å². The molecule has 3 rings (SSSR count). The number of amidine groups is 1. The molecule has 2 aliphatic heterocycles. The van der Waals surface area contributed by atoms with Gasteiger partial charge in [0.05, 0.1) is 25.8 Å². The van der Waals surface area contributed by atoms with Crippen molar-refractivity contribution in [3.63, 3.8) is 0 Å². The molecule has 1 unspecified atom stereocenters. The first-order chi connectivity index (χ1) is 11.8. The fourth-order valence-corrected chi connectivity index (χ4v) is 3.27. The van der Waals surface area contributed by atoms with Gasteiger partial charge in [-0.2, -0.15) is 5.26 Å². The summed E-state index contributed by atoms with van der Waals surface area (Å²) in [6.07, 6.45) is 2.58. The molecule has 0 bridgehead atoms. The van der Waals surface area contributed by atoms with Gasteiger partial charge in [-0.3, -0.25) is 9.89 Å². The molecular formula is C15H21N7OS. The zero-order valence-electron chi connectivity index (χ0n) is 13.4. The number of thioether (sulfide) groups is 1. The Morgan fingerprint density at radius 2 is 2.17 bits per heavy atom. The van der Waals surface area contributed by atoms with Crippen molar-refractivity contribution in [1.29, 1.82) is 5.26 Å². The number of hydrogen-bond donors (Lipinski definition) is 2. The molecule has 1 fully saturated rings. The lowest BCUT2D eigenvalue weighted by atomic mass is 10.3. The summed E-state index contributed by atoms with van der Waals surface area (Å²) in [4.78, 5) is 15.1. The Labute approximate surface area is 145 Å². The molecule has 0 saturated carbocycles. The number of aliphatic imine (C=N–C) groups is 1. The first-order valence-electron chi connectivity index (χ1n) is 8.07. The number of morpholine rings is 1. The number of hydrogen-bond acceptors (Lipinski definition) is 9. The van der Waals surface area contributed by atoms with Gasteiger partial charge in [0.25, 0.3) is 0 Å². The van der Waals surface area contributed by atoms with E-state index in [0.29, 0.717) is 12.4 Å². The summed E-state index contributed by atoms with van der Waals surface area (Å²) >= 11 is 1.43. The van der Waals surface area contributed by atoms with Crippen LogP contribution in [0.25, 0.3) is 0 Å². The Hall–Kier alpha value is -1.89. The van der Waals surface area contributed by atoms with Crippen LogP contribution in [0, 0.1) is 11.3 Å². The lowest BCUT2D eigenvalue weighted by Crippen LogP contribution is -2.37. The molecule has 0 aromatic carbocycles. The Morgan fingerprint density at radius 1 is 1.33 bits per heavy atom. The van der Waals surface area contributed by atoms with E-state index < -0.39 is 0 Å². The fraction of sp³-hybridized carbons (Fsp3) is 0.600. The Morgan fingerprint density at radius 3 is 2.96 bits per heavy atom. The second-order valence-corrected chi connectivity index (χ2v) is 6.72. The van der Waals surface area contributed by atoms with E-state index in [1.54, 1.807) is 0 Å². The first-order valence-corrected chi connectivity index (χ1v) is 8.95. The lowest BCUT2D eigenvalue weighted by molar-refractivity contribution is 0.0378. The van der Waals surface area contributed by atoms with Crippen LogP contribution in [-0.4, -0.2) is 71.2 Å². The number of nitrogens with zero attached hydrogens (tertiary/aromatic N) is 5. The van der Waals surface area contributed by atoms with E-state index in [2.05, 4.69) is 36.6 Å². The van der Waals surface area contributed by atoms with Crippen LogP contribution in [-0.2, 0) is 4.74 Å². The summed E-state index contributed by atoms with van der Waals surface area (Å²) in [5.41, 5.74) is 0. The van der Waals surface area contributed by atoms with Crippen molar-refractivity contribution in [2.75, 3.05) is 56.6 Å². The van der Waals surface area contributed by atoms with Crippen molar-refractivity contribution in [3.05, 3.63) is 12.4 Å². The quantitative estimate of drug-likeness (QED) is 0.736. The van der Waals surface area contributed by atoms with Gasteiger partial charge in [0.1, 0.15) is 23.2 Å². The fourth-order valence-electron chi connectivity index (χ4n) is 2.49. The van der Waals surface area contributed by atoms with Crippen molar-refractivity contribution in [3.8, 4) is 6.07 Å². The molecule has 2 N–H and O–H groups in total. The van der Waals surface area contributed by atoms with Gasteiger partial charge in [-0.05, 0) is 13.0 Å². The first kappa shape index (κ1) is 17.0. The van der Waals surface area contributed by atoms with Gasteiger partial charge in [0.2, 0.25) is 0 Å². The third-order valence-corrected chi connectivity index (χ3v) is 4.76. The minimum atomic E-state index is -0.105. The number of nitrogens with one attached hydrogen (secondary N) is 2. The zero-order chi connectivity index (χ0) is 16.6. The van der Waals surface area contributed by atoms with Crippen LogP contribution in [0.3, 0.4) is 0 Å². The highest BCUT2D eigenvalue weighted by atomic mass is 32.2. The van der Waals surface area contributed by atoms with Crippen molar-refractivity contribution in [1.82, 2.24) is 14.9 Å². The highest BCUT2D eigenvalue weighted by Crippen LogP contribution is 2.21. The average molecular weight is 347 g/mol. The van der Waals surface area contributed by atoms with E-state index in [0.717, 1.165) is 56.8 Å². The predicted octanol–water partition coefficient (Wildman–Crippen LogP) is 1.02. The van der Waals surface area contributed by atoms with Gasteiger partial charge in [-0.1, -0.05) is 11.8 Å². The Balaban J connectivity index is 1.41. The second kappa shape index (κ2) is 8.82. The molecule has 0 amide bonds. The number of rotatable bonds is 6. The highest BCUT2D eigenvalue weighted by Gasteiger charge is 2.19. The molecule has 128 valence electrons. The molecule has 8 nitrogen and oxygen atoms in total. The van der Waals surface area contributed by atoms with Crippen LogP contribution >= 0.6 is 11.8 Å². The average Bonchev–Trinajstić information content (AvgIpc) is 3.08. The van der Waals surface area contributed by atoms with Crippen molar-refractivity contribution in [2.45, 2.75) is 11.7 Å². The highest BCUT2D eigenvalue weighted by molar-refractivity contribution is 8.15. The topological polar surface area (TPSA) is 98.5 Å². The van der Waals surface area contributed by atoms with E-state index in [1.165, 1.54) is 18.1 Å². The largest absolute Gasteiger partial charge is 0.379 e. The maximum atomic E-state index is 8.89. The monoisotopic (exact) mass is 347 g/mol. The van der Waals surface area contributed by atoms with E-state index in [4.69, 9.17) is 10.00 Å². The number of anilines is 2. The molecule has 9 heteroatoms. The maximum absolute atomic E-state index is 8.89. The second-order valence-electron chi connectivity index (χ2n) is 5.53. The summed E-state index contributed by atoms with van der Waals surface area (Å²) in [6.45, 7) is 6.17. The van der Waals surface area contributed by atoms with E-state index in [1.807, 2.05) is 6.07 Å². The van der Waals surface area contributed by atoms with Gasteiger partial charge in [-0.15, -0.1) is 0 Å². The molecule has 1 aromatic rings. The van der Waals surface area contributed by atoms with Crippen LogP contribution in [0.2, 0.25) is 0 Å². The SMILES string of the molecule is N#CC1CN=C(Nc2cc(NCCCN3CCOCC3)ncn2)S1. The van der Waals surface area contributed by atoms with Gasteiger partial charge >= 0.3 is 0 Å². The van der Waals surface area contributed by atoms with Crippen molar-refractivity contribution in [2.24, 2.45) is 4.99 Å².